The second kappa shape index (κ2) is 14.2. The van der Waals surface area contributed by atoms with Crippen molar-refractivity contribution in [2.75, 3.05) is 6.54 Å². The van der Waals surface area contributed by atoms with Gasteiger partial charge in [-0.05, 0) is 48.4 Å². The largest absolute Gasteiger partial charge is 0.490 e. The number of aliphatic carboxylic acids is 2. The Labute approximate surface area is 222 Å². The van der Waals surface area contributed by atoms with Crippen LogP contribution < -0.4 is 5.32 Å². The number of rotatable bonds is 5. The molecule has 2 aromatic rings. The Balaban J connectivity index is 0.000000317. The highest BCUT2D eigenvalue weighted by Crippen LogP contribution is 2.32. The minimum atomic E-state index is -5.08. The molecule has 9 nitrogen and oxygen atoms in total. The molecule has 2 aliphatic heterocycles. The summed E-state index contributed by atoms with van der Waals surface area (Å²) in [7, 11) is 0. The van der Waals surface area contributed by atoms with Gasteiger partial charge in [0.05, 0.1) is 12.6 Å². The zero-order chi connectivity index (χ0) is 29.2. The number of halogens is 6. The molecule has 2 saturated heterocycles. The highest BCUT2D eigenvalue weighted by Gasteiger charge is 2.41. The van der Waals surface area contributed by atoms with Crippen molar-refractivity contribution in [3.8, 4) is 0 Å². The number of amides is 1. The number of thiophene rings is 1. The standard InChI is InChI=1S/C19H23N3O2S.2C2HF3O2/c23-19(21-12-15-2-1-11-25-15)18-4-3-16-17(24-18)7-10-22(16)13-14-5-8-20-9-6-14;2*3-2(4,5)1(6)7/h1-2,5-6,8-9,11,16-18H,3-4,7,10,12-13H2,(H,21,23);2*(H,6,7)/t16-,17-,18+;;/m1../s1. The number of fused-ring (bicyclic) bond motifs is 1. The third kappa shape index (κ3) is 10.8. The Bertz CT molecular complexity index is 1040. The Hall–Kier alpha value is -3.24. The molecule has 0 radical (unpaired) electrons. The van der Waals surface area contributed by atoms with E-state index in [4.69, 9.17) is 24.5 Å². The number of carboxylic acids is 2. The van der Waals surface area contributed by atoms with Crippen molar-refractivity contribution < 1.29 is 55.7 Å². The fourth-order valence-corrected chi connectivity index (χ4v) is 4.47. The fraction of sp³-hybridized carbons (Fsp3) is 0.478. The van der Waals surface area contributed by atoms with Crippen molar-refractivity contribution in [2.24, 2.45) is 0 Å². The molecule has 3 N–H and O–H groups in total. The molecule has 2 aromatic heterocycles. The third-order valence-electron chi connectivity index (χ3n) is 5.59. The number of nitrogens with one attached hydrogen (secondary N) is 1. The van der Waals surface area contributed by atoms with Crippen LogP contribution in [0.4, 0.5) is 26.3 Å². The van der Waals surface area contributed by atoms with Gasteiger partial charge in [0.1, 0.15) is 6.10 Å². The van der Waals surface area contributed by atoms with E-state index in [9.17, 15) is 31.1 Å². The minimum absolute atomic E-state index is 0.0273. The van der Waals surface area contributed by atoms with Gasteiger partial charge in [-0.15, -0.1) is 11.3 Å². The molecule has 216 valence electrons. The molecule has 0 spiro atoms. The van der Waals surface area contributed by atoms with E-state index >= 15 is 0 Å². The van der Waals surface area contributed by atoms with E-state index in [1.54, 1.807) is 11.3 Å². The topological polar surface area (TPSA) is 129 Å². The second-order valence-corrected chi connectivity index (χ2v) is 9.36. The van der Waals surface area contributed by atoms with Gasteiger partial charge < -0.3 is 20.3 Å². The number of carbonyl (C=O) groups excluding carboxylic acids is 1. The number of carbonyl (C=O) groups is 3. The van der Waals surface area contributed by atoms with Gasteiger partial charge >= 0.3 is 24.3 Å². The second-order valence-electron chi connectivity index (χ2n) is 8.33. The number of hydrogen-bond acceptors (Lipinski definition) is 7. The number of aromatic nitrogens is 1. The van der Waals surface area contributed by atoms with E-state index in [0.29, 0.717) is 12.6 Å². The van der Waals surface area contributed by atoms with Crippen LogP contribution in [0.1, 0.15) is 29.7 Å². The van der Waals surface area contributed by atoms with E-state index in [1.807, 2.05) is 29.9 Å². The zero-order valence-corrected chi connectivity index (χ0v) is 20.9. The van der Waals surface area contributed by atoms with Gasteiger partial charge in [0, 0.05) is 36.4 Å². The smallest absolute Gasteiger partial charge is 0.475 e. The van der Waals surface area contributed by atoms with Gasteiger partial charge in [-0.3, -0.25) is 14.7 Å². The van der Waals surface area contributed by atoms with Crippen molar-refractivity contribution in [1.82, 2.24) is 15.2 Å². The zero-order valence-electron chi connectivity index (χ0n) is 20.1. The molecule has 3 atom stereocenters. The van der Waals surface area contributed by atoms with Crippen molar-refractivity contribution >= 4 is 29.2 Å². The normalized spacial score (nSPS) is 20.9. The summed E-state index contributed by atoms with van der Waals surface area (Å²) in [5.74, 6) is -5.49. The average Bonchev–Trinajstić information content (AvgIpc) is 3.53. The predicted molar refractivity (Wildman–Crippen MR) is 124 cm³/mol. The molecule has 0 unspecified atom stereocenters. The van der Waals surface area contributed by atoms with Gasteiger partial charge in [-0.2, -0.15) is 26.3 Å². The summed E-state index contributed by atoms with van der Waals surface area (Å²) >= 11 is 1.66. The number of alkyl halides is 6. The van der Waals surface area contributed by atoms with Crippen molar-refractivity contribution in [2.45, 2.75) is 63.0 Å². The summed E-state index contributed by atoms with van der Waals surface area (Å²) in [4.78, 5) is 37.9. The summed E-state index contributed by atoms with van der Waals surface area (Å²) in [6, 6.07) is 8.60. The van der Waals surface area contributed by atoms with Crippen LogP contribution in [0.5, 0.6) is 0 Å². The molecule has 4 heterocycles. The highest BCUT2D eigenvalue weighted by molar-refractivity contribution is 7.09. The Morgan fingerprint density at radius 3 is 2.10 bits per heavy atom. The number of carboxylic acid groups (broad SMARTS) is 2. The van der Waals surface area contributed by atoms with Crippen LogP contribution in [-0.2, 0) is 32.2 Å². The van der Waals surface area contributed by atoms with Crippen LogP contribution >= 0.6 is 11.3 Å². The van der Waals surface area contributed by atoms with E-state index in [0.717, 1.165) is 32.4 Å². The number of hydrogen-bond donors (Lipinski definition) is 3. The molecular formula is C23H25F6N3O6S. The molecule has 39 heavy (non-hydrogen) atoms. The number of ether oxygens (including phenoxy) is 1. The van der Waals surface area contributed by atoms with Gasteiger partial charge in [0.25, 0.3) is 0 Å². The van der Waals surface area contributed by atoms with Crippen molar-refractivity contribution in [1.29, 1.82) is 0 Å². The molecule has 0 aliphatic carbocycles. The van der Waals surface area contributed by atoms with E-state index in [2.05, 4.69) is 27.3 Å². The Kier molecular flexibility index (Phi) is 11.7. The molecule has 2 aliphatic rings. The number of likely N-dealkylation sites (tertiary alicyclic amines) is 1. The maximum atomic E-state index is 12.4. The monoisotopic (exact) mass is 585 g/mol. The molecule has 2 fully saturated rings. The van der Waals surface area contributed by atoms with Crippen LogP contribution in [0, 0.1) is 0 Å². The van der Waals surface area contributed by atoms with Crippen LogP contribution in [-0.4, -0.2) is 75.1 Å². The van der Waals surface area contributed by atoms with Gasteiger partial charge in [0.15, 0.2) is 0 Å². The predicted octanol–water partition coefficient (Wildman–Crippen LogP) is 3.85. The summed E-state index contributed by atoms with van der Waals surface area (Å²) < 4.78 is 69.6. The molecular weight excluding hydrogens is 560 g/mol. The molecule has 0 bridgehead atoms. The lowest BCUT2D eigenvalue weighted by Crippen LogP contribution is -2.47. The lowest BCUT2D eigenvalue weighted by Gasteiger charge is -2.35. The molecule has 16 heteroatoms. The van der Waals surface area contributed by atoms with Crippen molar-refractivity contribution in [3.05, 3.63) is 52.5 Å². The highest BCUT2D eigenvalue weighted by atomic mass is 32.1. The maximum absolute atomic E-state index is 12.4. The quantitative estimate of drug-likeness (QED) is 0.452. The molecule has 4 rings (SSSR count). The molecule has 1 amide bonds. The van der Waals surface area contributed by atoms with Crippen molar-refractivity contribution in [3.63, 3.8) is 0 Å². The Morgan fingerprint density at radius 1 is 1.00 bits per heavy atom. The lowest BCUT2D eigenvalue weighted by atomic mass is 9.98. The molecule has 0 aromatic carbocycles. The van der Waals surface area contributed by atoms with Gasteiger partial charge in [-0.25, -0.2) is 9.59 Å². The fourth-order valence-electron chi connectivity index (χ4n) is 3.83. The third-order valence-corrected chi connectivity index (χ3v) is 6.47. The van der Waals surface area contributed by atoms with E-state index in [-0.39, 0.29) is 18.1 Å². The SMILES string of the molecule is O=C(NCc1cccs1)[C@@H]1CC[C@@H]2[C@@H](CCN2Cc2ccncc2)O1.O=C(O)C(F)(F)F.O=C(O)C(F)(F)F. The van der Waals surface area contributed by atoms with Gasteiger partial charge in [-0.1, -0.05) is 6.07 Å². The average molecular weight is 586 g/mol. The molecule has 0 saturated carbocycles. The van der Waals surface area contributed by atoms with Crippen LogP contribution in [0.25, 0.3) is 0 Å². The number of nitrogens with zero attached hydrogens (tertiary/aromatic N) is 2. The maximum Gasteiger partial charge on any atom is 0.490 e. The summed E-state index contributed by atoms with van der Waals surface area (Å²) in [5.41, 5.74) is 1.28. The summed E-state index contributed by atoms with van der Waals surface area (Å²) in [6.07, 6.45) is -3.79. The first-order chi connectivity index (χ1) is 18.2. The Morgan fingerprint density at radius 2 is 1.59 bits per heavy atom. The van der Waals surface area contributed by atoms with Crippen LogP contribution in [0.3, 0.4) is 0 Å². The van der Waals surface area contributed by atoms with Crippen LogP contribution in [0.2, 0.25) is 0 Å². The first-order valence-corrected chi connectivity index (χ1v) is 12.2. The van der Waals surface area contributed by atoms with Crippen LogP contribution in [0.15, 0.2) is 42.0 Å². The van der Waals surface area contributed by atoms with E-state index in [1.165, 1.54) is 10.4 Å². The van der Waals surface area contributed by atoms with Gasteiger partial charge in [0.2, 0.25) is 5.91 Å². The first-order valence-electron chi connectivity index (χ1n) is 11.4. The summed E-state index contributed by atoms with van der Waals surface area (Å²) in [5, 5.41) is 19.3. The van der Waals surface area contributed by atoms with E-state index < -0.39 is 24.3 Å². The summed E-state index contributed by atoms with van der Waals surface area (Å²) in [6.45, 7) is 2.56. The number of pyridine rings is 1. The first kappa shape index (κ1) is 32.0. The lowest BCUT2D eigenvalue weighted by molar-refractivity contribution is -0.193. The minimum Gasteiger partial charge on any atom is -0.475 e.